The number of carbonyl (C=O) groups excluding carboxylic acids is 1. The maximum atomic E-state index is 13.2. The average molecular weight is 391 g/mol. The molecule has 4 rings (SSSR count). The average Bonchev–Trinajstić information content (AvgIpc) is 3.17. The van der Waals surface area contributed by atoms with Crippen molar-refractivity contribution in [2.45, 2.75) is 19.9 Å². The van der Waals surface area contributed by atoms with Gasteiger partial charge in [0.25, 0.3) is 5.91 Å². The molecule has 1 atom stereocenters. The first-order valence-corrected chi connectivity index (χ1v) is 9.28. The molecule has 2 heterocycles. The van der Waals surface area contributed by atoms with Crippen molar-refractivity contribution >= 4 is 17.5 Å². The molecule has 0 aliphatic carbocycles. The molecule has 8 heteroatoms. The quantitative estimate of drug-likeness (QED) is 0.617. The van der Waals surface area contributed by atoms with Gasteiger partial charge in [-0.3, -0.25) is 4.79 Å². The van der Waals surface area contributed by atoms with Crippen molar-refractivity contribution in [2.75, 3.05) is 17.2 Å². The van der Waals surface area contributed by atoms with Gasteiger partial charge in [0.1, 0.15) is 12.4 Å². The van der Waals surface area contributed by atoms with Crippen LogP contribution in [0.1, 0.15) is 25.5 Å². The number of ether oxygens (including phenoxy) is 1. The molecule has 2 aromatic carbocycles. The molecule has 29 heavy (non-hydrogen) atoms. The van der Waals surface area contributed by atoms with E-state index in [-0.39, 0.29) is 11.7 Å². The van der Waals surface area contributed by atoms with Gasteiger partial charge in [0.2, 0.25) is 5.95 Å². The Kier molecular flexibility index (Phi) is 4.90. The molecular weight excluding hydrogens is 370 g/mol. The van der Waals surface area contributed by atoms with Gasteiger partial charge in [0.05, 0.1) is 12.2 Å². The van der Waals surface area contributed by atoms with Crippen LogP contribution in [0.5, 0.6) is 11.5 Å². The van der Waals surface area contributed by atoms with Gasteiger partial charge in [-0.15, -0.1) is 0 Å². The standard InChI is InChI=1S/C21H21N5O3/c1-3-29-17-11-14(9-10-16(17)27)19-18(13(2)24-21-22-12-23-26(19)21)20(28)25-15-7-5-4-6-8-15/h4-12,19,27H,3H2,1-2H3,(H,25,28)(H,22,23,24)/t19-/m1/s1. The molecule has 3 aromatic rings. The number of nitrogens with zero attached hydrogens (tertiary/aromatic N) is 3. The summed E-state index contributed by atoms with van der Waals surface area (Å²) in [4.78, 5) is 17.5. The van der Waals surface area contributed by atoms with Gasteiger partial charge in [-0.2, -0.15) is 10.1 Å². The maximum absolute atomic E-state index is 13.2. The van der Waals surface area contributed by atoms with Gasteiger partial charge in [-0.25, -0.2) is 4.68 Å². The molecule has 0 unspecified atom stereocenters. The van der Waals surface area contributed by atoms with Crippen LogP contribution in [-0.4, -0.2) is 32.4 Å². The van der Waals surface area contributed by atoms with E-state index in [2.05, 4.69) is 20.7 Å². The van der Waals surface area contributed by atoms with Crippen molar-refractivity contribution < 1.29 is 14.6 Å². The Balaban J connectivity index is 1.78. The number of para-hydroxylation sites is 1. The maximum Gasteiger partial charge on any atom is 0.255 e. The Labute approximate surface area is 167 Å². The Bertz CT molecular complexity index is 1070. The molecule has 148 valence electrons. The van der Waals surface area contributed by atoms with Crippen LogP contribution in [-0.2, 0) is 4.79 Å². The predicted molar refractivity (Wildman–Crippen MR) is 109 cm³/mol. The van der Waals surface area contributed by atoms with Crippen LogP contribution in [0.4, 0.5) is 11.6 Å². The fourth-order valence-electron chi connectivity index (χ4n) is 3.39. The van der Waals surface area contributed by atoms with Crippen LogP contribution in [0.25, 0.3) is 0 Å². The second kappa shape index (κ2) is 7.67. The summed E-state index contributed by atoms with van der Waals surface area (Å²) in [5, 5.41) is 20.5. The Morgan fingerprint density at radius 3 is 2.83 bits per heavy atom. The number of aromatic hydroxyl groups is 1. The normalized spacial score (nSPS) is 15.4. The third-order valence-electron chi connectivity index (χ3n) is 4.67. The SMILES string of the molecule is CCOc1cc([C@@H]2C(C(=O)Nc3ccccc3)=C(C)Nc3ncnn32)ccc1O. The molecule has 1 aliphatic heterocycles. The summed E-state index contributed by atoms with van der Waals surface area (Å²) in [6.07, 6.45) is 1.44. The van der Waals surface area contributed by atoms with Crippen molar-refractivity contribution in [1.29, 1.82) is 0 Å². The van der Waals surface area contributed by atoms with E-state index in [1.54, 1.807) is 22.9 Å². The molecule has 0 radical (unpaired) electrons. The number of carbonyl (C=O) groups is 1. The number of aromatic nitrogens is 3. The smallest absolute Gasteiger partial charge is 0.255 e. The summed E-state index contributed by atoms with van der Waals surface area (Å²) >= 11 is 0. The van der Waals surface area contributed by atoms with Gasteiger partial charge >= 0.3 is 0 Å². The van der Waals surface area contributed by atoms with Crippen LogP contribution >= 0.6 is 0 Å². The minimum Gasteiger partial charge on any atom is -0.504 e. The number of rotatable bonds is 5. The van der Waals surface area contributed by atoms with Crippen molar-refractivity contribution in [1.82, 2.24) is 14.8 Å². The molecule has 0 spiro atoms. The number of phenols is 1. The van der Waals surface area contributed by atoms with E-state index in [0.29, 0.717) is 35.3 Å². The van der Waals surface area contributed by atoms with E-state index in [1.165, 1.54) is 6.33 Å². The number of anilines is 2. The Morgan fingerprint density at radius 2 is 2.07 bits per heavy atom. The van der Waals surface area contributed by atoms with Gasteiger partial charge in [-0.05, 0) is 43.7 Å². The zero-order valence-corrected chi connectivity index (χ0v) is 16.1. The molecule has 0 bridgehead atoms. The van der Waals surface area contributed by atoms with Crippen LogP contribution in [0.2, 0.25) is 0 Å². The van der Waals surface area contributed by atoms with Crippen LogP contribution in [0, 0.1) is 0 Å². The lowest BCUT2D eigenvalue weighted by atomic mass is 9.94. The lowest BCUT2D eigenvalue weighted by Crippen LogP contribution is -2.31. The highest BCUT2D eigenvalue weighted by Crippen LogP contribution is 2.38. The van der Waals surface area contributed by atoms with Gasteiger partial charge < -0.3 is 20.5 Å². The number of hydrogen-bond donors (Lipinski definition) is 3. The van der Waals surface area contributed by atoms with Crippen molar-refractivity contribution in [3.63, 3.8) is 0 Å². The third kappa shape index (κ3) is 3.52. The van der Waals surface area contributed by atoms with Crippen molar-refractivity contribution in [2.24, 2.45) is 0 Å². The highest BCUT2D eigenvalue weighted by molar-refractivity contribution is 6.06. The van der Waals surface area contributed by atoms with Crippen LogP contribution in [0.3, 0.4) is 0 Å². The van der Waals surface area contributed by atoms with E-state index in [9.17, 15) is 9.90 Å². The summed E-state index contributed by atoms with van der Waals surface area (Å²) < 4.78 is 7.18. The second-order valence-electron chi connectivity index (χ2n) is 6.57. The number of phenolic OH excluding ortho intramolecular Hbond substituents is 1. The van der Waals surface area contributed by atoms with Gasteiger partial charge in [0, 0.05) is 11.4 Å². The zero-order valence-electron chi connectivity index (χ0n) is 16.1. The van der Waals surface area contributed by atoms with Gasteiger partial charge in [0.15, 0.2) is 11.5 Å². The highest BCUT2D eigenvalue weighted by atomic mass is 16.5. The third-order valence-corrected chi connectivity index (χ3v) is 4.67. The zero-order chi connectivity index (χ0) is 20.4. The van der Waals surface area contributed by atoms with E-state index in [1.807, 2.05) is 44.2 Å². The van der Waals surface area contributed by atoms with E-state index in [0.717, 1.165) is 5.56 Å². The lowest BCUT2D eigenvalue weighted by Gasteiger charge is -2.29. The Morgan fingerprint density at radius 1 is 1.28 bits per heavy atom. The van der Waals surface area contributed by atoms with Crippen LogP contribution in [0.15, 0.2) is 66.1 Å². The minimum atomic E-state index is -0.530. The molecule has 1 aromatic heterocycles. The highest BCUT2D eigenvalue weighted by Gasteiger charge is 2.33. The monoisotopic (exact) mass is 391 g/mol. The Hall–Kier alpha value is -3.81. The molecule has 0 saturated heterocycles. The van der Waals surface area contributed by atoms with Crippen LogP contribution < -0.4 is 15.4 Å². The number of amides is 1. The molecule has 3 N–H and O–H groups in total. The number of hydrogen-bond acceptors (Lipinski definition) is 6. The first kappa shape index (κ1) is 18.5. The van der Waals surface area contributed by atoms with Crippen molar-refractivity contribution in [3.8, 4) is 11.5 Å². The second-order valence-corrected chi connectivity index (χ2v) is 6.57. The number of benzene rings is 2. The number of nitrogens with one attached hydrogen (secondary N) is 2. The summed E-state index contributed by atoms with van der Waals surface area (Å²) in [5.41, 5.74) is 2.62. The first-order valence-electron chi connectivity index (χ1n) is 9.28. The minimum absolute atomic E-state index is 0.0411. The molecule has 0 saturated carbocycles. The fraction of sp³-hybridized carbons (Fsp3) is 0.190. The van der Waals surface area contributed by atoms with E-state index < -0.39 is 6.04 Å². The summed E-state index contributed by atoms with van der Waals surface area (Å²) in [7, 11) is 0. The van der Waals surface area contributed by atoms with E-state index in [4.69, 9.17) is 4.74 Å². The predicted octanol–water partition coefficient (Wildman–Crippen LogP) is 3.31. The molecule has 8 nitrogen and oxygen atoms in total. The largest absolute Gasteiger partial charge is 0.504 e. The summed E-state index contributed by atoms with van der Waals surface area (Å²) in [5.74, 6) is 0.679. The molecular formula is C21H21N5O3. The topological polar surface area (TPSA) is 101 Å². The molecule has 1 amide bonds. The lowest BCUT2D eigenvalue weighted by molar-refractivity contribution is -0.113. The fourth-order valence-corrected chi connectivity index (χ4v) is 3.39. The van der Waals surface area contributed by atoms with Gasteiger partial charge in [-0.1, -0.05) is 24.3 Å². The van der Waals surface area contributed by atoms with E-state index >= 15 is 0 Å². The molecule has 0 fully saturated rings. The first-order chi connectivity index (χ1) is 14.1. The number of fused-ring (bicyclic) bond motifs is 1. The molecule has 1 aliphatic rings. The number of allylic oxidation sites excluding steroid dienone is 1. The summed E-state index contributed by atoms with van der Waals surface area (Å²) in [6.45, 7) is 4.08. The van der Waals surface area contributed by atoms with Crippen molar-refractivity contribution in [3.05, 3.63) is 71.7 Å². The summed E-state index contributed by atoms with van der Waals surface area (Å²) in [6, 6.07) is 13.8.